The third kappa shape index (κ3) is 5.27. The van der Waals surface area contributed by atoms with E-state index in [4.69, 9.17) is 9.15 Å². The molecule has 0 aliphatic heterocycles. The van der Waals surface area contributed by atoms with E-state index in [9.17, 15) is 28.1 Å². The number of hydrogen-bond donors (Lipinski definition) is 3. The Bertz CT molecular complexity index is 1320. The lowest BCUT2D eigenvalue weighted by Gasteiger charge is -2.12. The van der Waals surface area contributed by atoms with Gasteiger partial charge in [-0.1, -0.05) is 0 Å². The molecule has 1 heterocycles. The van der Waals surface area contributed by atoms with Gasteiger partial charge in [-0.2, -0.15) is 0 Å². The van der Waals surface area contributed by atoms with Crippen LogP contribution in [0.25, 0.3) is 0 Å². The first-order chi connectivity index (χ1) is 15.6. The minimum atomic E-state index is -4.16. The Kier molecular flexibility index (Phi) is 6.63. The lowest BCUT2D eigenvalue weighted by Crippen LogP contribution is -2.41. The number of aryl methyl sites for hydroxylation is 1. The zero-order valence-corrected chi connectivity index (χ0v) is 18.1. The predicted octanol–water partition coefficient (Wildman–Crippen LogP) is 2.38. The van der Waals surface area contributed by atoms with Gasteiger partial charge in [0.15, 0.2) is 0 Å². The summed E-state index contributed by atoms with van der Waals surface area (Å²) in [6, 6.07) is 9.74. The van der Waals surface area contributed by atoms with E-state index in [0.29, 0.717) is 5.76 Å². The van der Waals surface area contributed by atoms with Crippen LogP contribution in [0.2, 0.25) is 0 Å². The van der Waals surface area contributed by atoms with Crippen molar-refractivity contribution in [2.75, 3.05) is 11.8 Å². The Labute approximate surface area is 187 Å². The van der Waals surface area contributed by atoms with Gasteiger partial charge < -0.3 is 9.15 Å². The summed E-state index contributed by atoms with van der Waals surface area (Å²) in [5.74, 6) is -0.793. The SMILES string of the molecule is COc1ccc([N+](=O)[O-])cc1NS(=O)(=O)c1ccc(C(=O)NNC(=O)c2ccoc2C)cc1. The maximum atomic E-state index is 12.7. The standard InChI is InChI=1S/C20H18N4O8S/c1-12-16(9-10-32-12)20(26)22-21-19(25)13-3-6-15(7-4-13)33(29,30)23-17-11-14(24(27)28)5-8-18(17)31-2/h3-11,23H,1-2H3,(H,21,25)(H,22,26). The van der Waals surface area contributed by atoms with Gasteiger partial charge in [-0.25, -0.2) is 8.42 Å². The molecule has 172 valence electrons. The van der Waals surface area contributed by atoms with Crippen molar-refractivity contribution < 1.29 is 32.1 Å². The largest absolute Gasteiger partial charge is 0.495 e. The van der Waals surface area contributed by atoms with Gasteiger partial charge in [-0.15, -0.1) is 0 Å². The van der Waals surface area contributed by atoms with E-state index in [1.165, 1.54) is 55.8 Å². The number of furan rings is 1. The van der Waals surface area contributed by atoms with E-state index in [-0.39, 0.29) is 33.1 Å². The average molecular weight is 474 g/mol. The summed E-state index contributed by atoms with van der Waals surface area (Å²) in [5.41, 5.74) is 4.33. The number of nitrogens with zero attached hydrogens (tertiary/aromatic N) is 1. The molecule has 0 aliphatic carbocycles. The van der Waals surface area contributed by atoms with Crippen LogP contribution in [-0.4, -0.2) is 32.3 Å². The molecule has 0 radical (unpaired) electrons. The number of ether oxygens (including phenoxy) is 1. The maximum Gasteiger partial charge on any atom is 0.273 e. The molecule has 0 saturated carbocycles. The van der Waals surface area contributed by atoms with E-state index in [1.54, 1.807) is 6.92 Å². The zero-order chi connectivity index (χ0) is 24.2. The molecule has 3 aromatic rings. The van der Waals surface area contributed by atoms with Crippen molar-refractivity contribution in [1.29, 1.82) is 0 Å². The summed E-state index contributed by atoms with van der Waals surface area (Å²) >= 11 is 0. The summed E-state index contributed by atoms with van der Waals surface area (Å²) in [4.78, 5) is 34.4. The fraction of sp³-hybridized carbons (Fsp3) is 0.100. The molecule has 13 heteroatoms. The highest BCUT2D eigenvalue weighted by Gasteiger charge is 2.20. The van der Waals surface area contributed by atoms with E-state index < -0.39 is 26.8 Å². The number of methoxy groups -OCH3 is 1. The molecule has 1 aromatic heterocycles. The van der Waals surface area contributed by atoms with Crippen LogP contribution < -0.4 is 20.3 Å². The van der Waals surface area contributed by atoms with Crippen LogP contribution in [0.5, 0.6) is 5.75 Å². The molecule has 2 aromatic carbocycles. The van der Waals surface area contributed by atoms with Crippen molar-refractivity contribution in [3.05, 3.63) is 81.8 Å². The van der Waals surface area contributed by atoms with Gasteiger partial charge >= 0.3 is 0 Å². The molecule has 0 saturated heterocycles. The fourth-order valence-electron chi connectivity index (χ4n) is 2.75. The Morgan fingerprint density at radius 1 is 1.03 bits per heavy atom. The molecule has 0 bridgehead atoms. The fourth-order valence-corrected chi connectivity index (χ4v) is 3.81. The van der Waals surface area contributed by atoms with Crippen molar-refractivity contribution in [2.45, 2.75) is 11.8 Å². The summed E-state index contributed by atoms with van der Waals surface area (Å²) in [6.07, 6.45) is 1.34. The molecule has 0 spiro atoms. The summed E-state index contributed by atoms with van der Waals surface area (Å²) in [7, 11) is -2.86. The Morgan fingerprint density at radius 3 is 2.27 bits per heavy atom. The third-order valence-electron chi connectivity index (χ3n) is 4.46. The number of carbonyl (C=O) groups is 2. The number of hydrazine groups is 1. The highest BCUT2D eigenvalue weighted by atomic mass is 32.2. The molecule has 3 rings (SSSR count). The van der Waals surface area contributed by atoms with Crippen LogP contribution in [0.3, 0.4) is 0 Å². The van der Waals surface area contributed by atoms with Gasteiger partial charge in [0.2, 0.25) is 0 Å². The predicted molar refractivity (Wildman–Crippen MR) is 115 cm³/mol. The highest BCUT2D eigenvalue weighted by molar-refractivity contribution is 7.92. The summed E-state index contributed by atoms with van der Waals surface area (Å²) in [6.45, 7) is 1.59. The molecule has 0 fully saturated rings. The first-order valence-corrected chi connectivity index (χ1v) is 10.7. The van der Waals surface area contributed by atoms with Crippen LogP contribution >= 0.6 is 0 Å². The topological polar surface area (TPSA) is 170 Å². The second-order valence-electron chi connectivity index (χ2n) is 6.57. The van der Waals surface area contributed by atoms with Gasteiger partial charge in [0.05, 0.1) is 34.4 Å². The van der Waals surface area contributed by atoms with Crippen molar-refractivity contribution >= 4 is 33.2 Å². The number of non-ortho nitro benzene ring substituents is 1. The number of anilines is 1. The molecule has 0 unspecified atom stereocenters. The molecule has 0 aliphatic rings. The second-order valence-corrected chi connectivity index (χ2v) is 8.25. The lowest BCUT2D eigenvalue weighted by atomic mass is 10.2. The number of nitro groups is 1. The van der Waals surface area contributed by atoms with Crippen LogP contribution in [0, 0.1) is 17.0 Å². The Morgan fingerprint density at radius 2 is 1.70 bits per heavy atom. The van der Waals surface area contributed by atoms with Gasteiger partial charge in [-0.3, -0.25) is 35.3 Å². The summed E-state index contributed by atoms with van der Waals surface area (Å²) < 4.78 is 37.7. The van der Waals surface area contributed by atoms with Gasteiger partial charge in [0.25, 0.3) is 27.5 Å². The number of rotatable bonds is 7. The molecular weight excluding hydrogens is 456 g/mol. The van der Waals surface area contributed by atoms with E-state index in [2.05, 4.69) is 15.6 Å². The van der Waals surface area contributed by atoms with Gasteiger partial charge in [0, 0.05) is 17.7 Å². The highest BCUT2D eigenvalue weighted by Crippen LogP contribution is 2.30. The van der Waals surface area contributed by atoms with Crippen molar-refractivity contribution in [1.82, 2.24) is 10.9 Å². The molecular formula is C20H18N4O8S. The Balaban J connectivity index is 1.72. The second kappa shape index (κ2) is 9.40. The smallest absolute Gasteiger partial charge is 0.273 e. The molecule has 0 atom stereocenters. The first kappa shape index (κ1) is 23.3. The summed E-state index contributed by atoms with van der Waals surface area (Å²) in [5, 5.41) is 11.0. The number of sulfonamides is 1. The van der Waals surface area contributed by atoms with E-state index in [1.807, 2.05) is 0 Å². The monoisotopic (exact) mass is 474 g/mol. The van der Waals surface area contributed by atoms with Crippen molar-refractivity contribution in [2.24, 2.45) is 0 Å². The molecule has 12 nitrogen and oxygen atoms in total. The quantitative estimate of drug-likeness (QED) is 0.346. The number of nitro benzene ring substituents is 1. The minimum Gasteiger partial charge on any atom is -0.495 e. The van der Waals surface area contributed by atoms with Crippen molar-refractivity contribution in [3.63, 3.8) is 0 Å². The number of amides is 2. The van der Waals surface area contributed by atoms with Crippen LogP contribution in [0.15, 0.2) is 64.1 Å². The average Bonchev–Trinajstić information content (AvgIpc) is 3.23. The third-order valence-corrected chi connectivity index (χ3v) is 5.84. The van der Waals surface area contributed by atoms with Gasteiger partial charge in [0.1, 0.15) is 11.5 Å². The number of carbonyl (C=O) groups excluding carboxylic acids is 2. The van der Waals surface area contributed by atoms with E-state index >= 15 is 0 Å². The van der Waals surface area contributed by atoms with Crippen LogP contribution in [-0.2, 0) is 10.0 Å². The van der Waals surface area contributed by atoms with E-state index in [0.717, 1.165) is 6.07 Å². The van der Waals surface area contributed by atoms with Crippen LogP contribution in [0.1, 0.15) is 26.5 Å². The zero-order valence-electron chi connectivity index (χ0n) is 17.3. The molecule has 3 N–H and O–H groups in total. The van der Waals surface area contributed by atoms with Gasteiger partial charge in [-0.05, 0) is 43.3 Å². The first-order valence-electron chi connectivity index (χ1n) is 9.22. The maximum absolute atomic E-state index is 12.7. The molecule has 33 heavy (non-hydrogen) atoms. The number of benzene rings is 2. The normalized spacial score (nSPS) is 10.8. The number of hydrogen-bond acceptors (Lipinski definition) is 8. The van der Waals surface area contributed by atoms with Crippen LogP contribution in [0.4, 0.5) is 11.4 Å². The minimum absolute atomic E-state index is 0.0751. The number of nitrogens with one attached hydrogen (secondary N) is 3. The molecule has 2 amide bonds. The lowest BCUT2D eigenvalue weighted by molar-refractivity contribution is -0.384. The van der Waals surface area contributed by atoms with Crippen molar-refractivity contribution in [3.8, 4) is 5.75 Å². The Hall–Kier alpha value is -4.39.